The first-order valence-corrected chi connectivity index (χ1v) is 9.12. The minimum atomic E-state index is -0.421. The van der Waals surface area contributed by atoms with Crippen LogP contribution in [0.3, 0.4) is 0 Å². The van der Waals surface area contributed by atoms with E-state index in [2.05, 4.69) is 15.8 Å². The summed E-state index contributed by atoms with van der Waals surface area (Å²) in [4.78, 5) is 33.1. The first kappa shape index (κ1) is 20.0. The fourth-order valence-electron chi connectivity index (χ4n) is 2.83. The first-order valence-electron chi connectivity index (χ1n) is 9.12. The summed E-state index contributed by atoms with van der Waals surface area (Å²) in [7, 11) is 0. The van der Waals surface area contributed by atoms with Gasteiger partial charge in [0, 0.05) is 24.6 Å². The number of primary amides is 1. The number of benzene rings is 2. The molecular formula is C22H22N4O3. The second-order valence-electron chi connectivity index (χ2n) is 6.39. The van der Waals surface area contributed by atoms with E-state index in [1.807, 2.05) is 48.5 Å². The summed E-state index contributed by atoms with van der Waals surface area (Å²) in [5.41, 5.74) is 11.5. The summed E-state index contributed by atoms with van der Waals surface area (Å²) in [5.74, 6) is -0.786. The van der Waals surface area contributed by atoms with Crippen LogP contribution in [-0.4, -0.2) is 16.8 Å². The van der Waals surface area contributed by atoms with E-state index in [0.29, 0.717) is 17.8 Å². The predicted octanol–water partition coefficient (Wildman–Crippen LogP) is 2.58. The molecule has 2 aromatic carbocycles. The molecule has 3 aromatic rings. The lowest BCUT2D eigenvalue weighted by atomic mass is 10.1. The highest BCUT2D eigenvalue weighted by atomic mass is 16.6. The molecule has 29 heavy (non-hydrogen) atoms. The van der Waals surface area contributed by atoms with E-state index >= 15 is 0 Å². The van der Waals surface area contributed by atoms with Crippen molar-refractivity contribution in [2.75, 3.05) is 5.32 Å². The van der Waals surface area contributed by atoms with Crippen LogP contribution in [-0.2, 0) is 29.2 Å². The summed E-state index contributed by atoms with van der Waals surface area (Å²) >= 11 is 0. The Morgan fingerprint density at radius 2 is 1.62 bits per heavy atom. The lowest BCUT2D eigenvalue weighted by Gasteiger charge is -2.13. The van der Waals surface area contributed by atoms with Crippen LogP contribution in [0.4, 0.5) is 5.69 Å². The standard InChI is InChI=1S/C22H22N4O3/c23-21(27)13-17-5-1-2-6-18(17)15-29-26-22(28)19-7-3-4-8-20(19)25-14-16-9-11-24-12-10-16/h1-12,25H,13-15H2,(H2,23,27)(H,26,28). The number of carbonyl (C=O) groups excluding carboxylic acids is 2. The monoisotopic (exact) mass is 390 g/mol. The highest BCUT2D eigenvalue weighted by Gasteiger charge is 2.12. The number of nitrogens with one attached hydrogen (secondary N) is 2. The van der Waals surface area contributed by atoms with Crippen LogP contribution in [0.25, 0.3) is 0 Å². The molecule has 1 heterocycles. The zero-order valence-electron chi connectivity index (χ0n) is 15.8. The quantitative estimate of drug-likeness (QED) is 0.487. The van der Waals surface area contributed by atoms with Crippen LogP contribution in [0.2, 0.25) is 0 Å². The number of hydrogen-bond donors (Lipinski definition) is 3. The summed E-state index contributed by atoms with van der Waals surface area (Å²) in [6, 6.07) is 18.3. The first-order chi connectivity index (χ1) is 14.1. The van der Waals surface area contributed by atoms with Crippen LogP contribution in [0.1, 0.15) is 27.0 Å². The van der Waals surface area contributed by atoms with Gasteiger partial charge in [0.1, 0.15) is 6.61 Å². The Morgan fingerprint density at radius 1 is 0.931 bits per heavy atom. The summed E-state index contributed by atoms with van der Waals surface area (Å²) < 4.78 is 0. The summed E-state index contributed by atoms with van der Waals surface area (Å²) in [5, 5.41) is 3.25. The number of nitrogens with two attached hydrogens (primary N) is 1. The maximum atomic E-state index is 12.6. The Morgan fingerprint density at radius 3 is 2.38 bits per heavy atom. The van der Waals surface area contributed by atoms with Crippen molar-refractivity contribution in [2.24, 2.45) is 5.73 Å². The van der Waals surface area contributed by atoms with Gasteiger partial charge in [-0.2, -0.15) is 0 Å². The second-order valence-corrected chi connectivity index (χ2v) is 6.39. The van der Waals surface area contributed by atoms with Gasteiger partial charge in [-0.15, -0.1) is 0 Å². The smallest absolute Gasteiger partial charge is 0.276 e. The predicted molar refractivity (Wildman–Crippen MR) is 110 cm³/mol. The third-order valence-electron chi connectivity index (χ3n) is 4.28. The van der Waals surface area contributed by atoms with E-state index < -0.39 is 5.91 Å². The zero-order valence-corrected chi connectivity index (χ0v) is 15.8. The fraction of sp³-hybridized carbons (Fsp3) is 0.136. The normalized spacial score (nSPS) is 10.3. The number of carbonyl (C=O) groups is 2. The molecule has 7 heteroatoms. The number of hydrogen-bond acceptors (Lipinski definition) is 5. The molecule has 0 saturated carbocycles. The van der Waals surface area contributed by atoms with Crippen molar-refractivity contribution < 1.29 is 14.4 Å². The van der Waals surface area contributed by atoms with Crippen molar-refractivity contribution in [3.8, 4) is 0 Å². The molecule has 0 saturated heterocycles. The molecule has 0 fully saturated rings. The van der Waals surface area contributed by atoms with Crippen LogP contribution >= 0.6 is 0 Å². The Bertz CT molecular complexity index is 977. The van der Waals surface area contributed by atoms with Gasteiger partial charge in [-0.1, -0.05) is 36.4 Å². The molecule has 1 aromatic heterocycles. The minimum Gasteiger partial charge on any atom is -0.380 e. The molecule has 4 N–H and O–H groups in total. The molecule has 0 aliphatic rings. The maximum absolute atomic E-state index is 12.6. The third-order valence-corrected chi connectivity index (χ3v) is 4.28. The van der Waals surface area contributed by atoms with Gasteiger partial charge < -0.3 is 11.1 Å². The molecule has 7 nitrogen and oxygen atoms in total. The summed E-state index contributed by atoms with van der Waals surface area (Å²) in [6.07, 6.45) is 3.56. The largest absolute Gasteiger partial charge is 0.380 e. The number of hydroxylamine groups is 1. The van der Waals surface area contributed by atoms with E-state index in [1.54, 1.807) is 24.5 Å². The van der Waals surface area contributed by atoms with Crippen molar-refractivity contribution in [1.82, 2.24) is 10.5 Å². The molecule has 3 rings (SSSR count). The number of anilines is 1. The molecule has 0 spiro atoms. The molecule has 0 aliphatic heterocycles. The fourth-order valence-corrected chi connectivity index (χ4v) is 2.83. The van der Waals surface area contributed by atoms with Crippen LogP contribution in [0, 0.1) is 0 Å². The molecule has 0 bridgehead atoms. The van der Waals surface area contributed by atoms with Crippen LogP contribution in [0.5, 0.6) is 0 Å². The Hall–Kier alpha value is -3.71. The van der Waals surface area contributed by atoms with Crippen molar-refractivity contribution in [3.63, 3.8) is 0 Å². The molecule has 0 atom stereocenters. The molecule has 148 valence electrons. The van der Waals surface area contributed by atoms with Gasteiger partial charge >= 0.3 is 0 Å². The van der Waals surface area contributed by atoms with Gasteiger partial charge in [0.25, 0.3) is 5.91 Å². The SMILES string of the molecule is NC(=O)Cc1ccccc1CONC(=O)c1ccccc1NCc1ccncc1. The second kappa shape index (κ2) is 10.0. The molecular weight excluding hydrogens is 368 g/mol. The Balaban J connectivity index is 1.60. The number of nitrogens with zero attached hydrogens (tertiary/aromatic N) is 1. The minimum absolute atomic E-state index is 0.120. The van der Waals surface area contributed by atoms with E-state index in [4.69, 9.17) is 10.6 Å². The topological polar surface area (TPSA) is 106 Å². The highest BCUT2D eigenvalue weighted by Crippen LogP contribution is 2.16. The molecule has 0 radical (unpaired) electrons. The van der Waals surface area contributed by atoms with E-state index in [9.17, 15) is 9.59 Å². The van der Waals surface area contributed by atoms with Crippen molar-refractivity contribution in [1.29, 1.82) is 0 Å². The Labute approximate surface area is 168 Å². The van der Waals surface area contributed by atoms with E-state index in [-0.39, 0.29) is 18.9 Å². The van der Waals surface area contributed by atoms with Gasteiger partial charge in [0.05, 0.1) is 12.0 Å². The Kier molecular flexibility index (Phi) is 6.91. The van der Waals surface area contributed by atoms with Crippen molar-refractivity contribution in [2.45, 2.75) is 19.6 Å². The van der Waals surface area contributed by atoms with Gasteiger partial charge in [-0.05, 0) is 41.0 Å². The number of pyridine rings is 1. The molecule has 0 unspecified atom stereocenters. The van der Waals surface area contributed by atoms with Gasteiger partial charge in [-0.3, -0.25) is 19.4 Å². The maximum Gasteiger partial charge on any atom is 0.276 e. The number of amides is 2. The van der Waals surface area contributed by atoms with E-state index in [1.165, 1.54) is 0 Å². The molecule has 0 aliphatic carbocycles. The van der Waals surface area contributed by atoms with Crippen molar-refractivity contribution in [3.05, 3.63) is 95.3 Å². The van der Waals surface area contributed by atoms with E-state index in [0.717, 1.165) is 16.7 Å². The van der Waals surface area contributed by atoms with Crippen LogP contribution < -0.4 is 16.5 Å². The average Bonchev–Trinajstić information content (AvgIpc) is 2.74. The lowest BCUT2D eigenvalue weighted by Crippen LogP contribution is -2.25. The number of para-hydroxylation sites is 1. The summed E-state index contributed by atoms with van der Waals surface area (Å²) in [6.45, 7) is 0.690. The zero-order chi connectivity index (χ0) is 20.5. The lowest BCUT2D eigenvalue weighted by molar-refractivity contribution is -0.117. The number of rotatable bonds is 9. The highest BCUT2D eigenvalue weighted by molar-refractivity contribution is 5.99. The average molecular weight is 390 g/mol. The van der Waals surface area contributed by atoms with Crippen molar-refractivity contribution >= 4 is 17.5 Å². The molecule has 2 amide bonds. The number of aromatic nitrogens is 1. The third kappa shape index (κ3) is 5.88. The van der Waals surface area contributed by atoms with Crippen LogP contribution in [0.15, 0.2) is 73.1 Å². The van der Waals surface area contributed by atoms with Gasteiger partial charge in [-0.25, -0.2) is 5.48 Å². The van der Waals surface area contributed by atoms with Gasteiger partial charge in [0.2, 0.25) is 5.91 Å². The van der Waals surface area contributed by atoms with Gasteiger partial charge in [0.15, 0.2) is 0 Å².